The maximum Gasteiger partial charge on any atom is 0.233 e. The van der Waals surface area contributed by atoms with Crippen LogP contribution in [0.2, 0.25) is 0 Å². The summed E-state index contributed by atoms with van der Waals surface area (Å²) in [7, 11) is 0. The van der Waals surface area contributed by atoms with E-state index in [0.717, 1.165) is 13.1 Å². The molecule has 0 saturated carbocycles. The Morgan fingerprint density at radius 2 is 1.26 bits per heavy atom. The van der Waals surface area contributed by atoms with E-state index in [1.54, 1.807) is 0 Å². The normalized spacial score (nSPS) is 19.5. The molecule has 9 heteroatoms. The summed E-state index contributed by atoms with van der Waals surface area (Å²) in [6.45, 7) is 17.9. The van der Waals surface area contributed by atoms with Crippen molar-refractivity contribution in [1.82, 2.24) is 9.80 Å². The van der Waals surface area contributed by atoms with Crippen molar-refractivity contribution in [3.63, 3.8) is 0 Å². The van der Waals surface area contributed by atoms with Gasteiger partial charge in [0.2, 0.25) is 17.7 Å². The number of rotatable bonds is 15. The summed E-state index contributed by atoms with van der Waals surface area (Å²) >= 11 is 0. The van der Waals surface area contributed by atoms with E-state index in [4.69, 9.17) is 18.9 Å². The van der Waals surface area contributed by atoms with E-state index in [1.165, 1.54) is 4.90 Å². The topological polar surface area (TPSA) is 94.6 Å². The second-order valence-electron chi connectivity index (χ2n) is 11.6. The number of likely N-dealkylation sites (tertiary alicyclic amines) is 2. The minimum Gasteiger partial charge on any atom is -0.379 e. The average Bonchev–Trinajstić information content (AvgIpc) is 3.00. The van der Waals surface area contributed by atoms with Gasteiger partial charge >= 0.3 is 0 Å². The molecular weight excluding hydrogens is 452 g/mol. The Morgan fingerprint density at radius 3 is 1.71 bits per heavy atom. The standard InChI is InChI=1S/C26H46N2O7/c1-25(2,3)20-18-27(19-20)22(29)7-9-32-11-13-34-15-16-35-14-12-33-10-8-28-23(30)17-21(24(28)31)26(4,5)6/h20-21H,7-19H2,1-6H3. The molecule has 0 spiro atoms. The zero-order chi connectivity index (χ0) is 26.1. The quantitative estimate of drug-likeness (QED) is 0.253. The first-order valence-electron chi connectivity index (χ1n) is 12.8. The van der Waals surface area contributed by atoms with Gasteiger partial charge in [0, 0.05) is 19.5 Å². The molecule has 2 rings (SSSR count). The highest BCUT2D eigenvalue weighted by Gasteiger charge is 2.44. The monoisotopic (exact) mass is 498 g/mol. The third-order valence-electron chi connectivity index (χ3n) is 6.78. The van der Waals surface area contributed by atoms with Crippen molar-refractivity contribution in [2.75, 3.05) is 72.5 Å². The van der Waals surface area contributed by atoms with Crippen LogP contribution in [0, 0.1) is 22.7 Å². The molecule has 0 aromatic heterocycles. The Morgan fingerprint density at radius 1 is 0.771 bits per heavy atom. The molecule has 0 radical (unpaired) electrons. The Bertz CT molecular complexity index is 693. The van der Waals surface area contributed by atoms with Gasteiger partial charge in [-0.1, -0.05) is 41.5 Å². The fraction of sp³-hybridized carbons (Fsp3) is 0.885. The lowest BCUT2D eigenvalue weighted by molar-refractivity contribution is -0.142. The van der Waals surface area contributed by atoms with Crippen LogP contribution < -0.4 is 0 Å². The minimum absolute atomic E-state index is 0.0968. The maximum atomic E-state index is 12.4. The van der Waals surface area contributed by atoms with Crippen molar-refractivity contribution >= 4 is 17.7 Å². The van der Waals surface area contributed by atoms with Crippen molar-refractivity contribution in [2.24, 2.45) is 22.7 Å². The molecule has 0 aliphatic carbocycles. The van der Waals surface area contributed by atoms with Gasteiger partial charge in [-0.25, -0.2) is 0 Å². The van der Waals surface area contributed by atoms with Gasteiger partial charge in [0.05, 0.1) is 71.7 Å². The van der Waals surface area contributed by atoms with Crippen molar-refractivity contribution in [3.8, 4) is 0 Å². The van der Waals surface area contributed by atoms with Crippen LogP contribution in [0.15, 0.2) is 0 Å². The number of amides is 3. The lowest BCUT2D eigenvalue weighted by Crippen LogP contribution is -2.54. The van der Waals surface area contributed by atoms with Gasteiger partial charge in [0.25, 0.3) is 0 Å². The lowest BCUT2D eigenvalue weighted by atomic mass is 9.76. The van der Waals surface area contributed by atoms with E-state index in [2.05, 4.69) is 20.8 Å². The van der Waals surface area contributed by atoms with Gasteiger partial charge in [-0.3, -0.25) is 19.3 Å². The van der Waals surface area contributed by atoms with E-state index in [-0.39, 0.29) is 47.4 Å². The second kappa shape index (κ2) is 13.7. The number of ether oxygens (including phenoxy) is 4. The lowest BCUT2D eigenvalue weighted by Gasteiger charge is -2.46. The van der Waals surface area contributed by atoms with Crippen LogP contribution in [0.5, 0.6) is 0 Å². The highest BCUT2D eigenvalue weighted by molar-refractivity contribution is 6.03. The summed E-state index contributed by atoms with van der Waals surface area (Å²) in [4.78, 5) is 39.8. The summed E-state index contributed by atoms with van der Waals surface area (Å²) in [5.41, 5.74) is 0.0437. The summed E-state index contributed by atoms with van der Waals surface area (Å²) < 4.78 is 21.9. The van der Waals surface area contributed by atoms with E-state index >= 15 is 0 Å². The summed E-state index contributed by atoms with van der Waals surface area (Å²) in [6.07, 6.45) is 0.697. The highest BCUT2D eigenvalue weighted by atomic mass is 16.6. The molecule has 0 N–H and O–H groups in total. The molecule has 1 atom stereocenters. The molecule has 2 aliphatic rings. The van der Waals surface area contributed by atoms with Gasteiger partial charge in [-0.15, -0.1) is 0 Å². The number of hydrogen-bond acceptors (Lipinski definition) is 7. The summed E-state index contributed by atoms with van der Waals surface area (Å²) in [5.74, 6) is 0.281. The first-order valence-corrected chi connectivity index (χ1v) is 12.8. The summed E-state index contributed by atoms with van der Waals surface area (Å²) in [6, 6.07) is 0. The largest absolute Gasteiger partial charge is 0.379 e. The molecule has 1 unspecified atom stereocenters. The molecule has 2 fully saturated rings. The van der Waals surface area contributed by atoms with Crippen LogP contribution in [0.3, 0.4) is 0 Å². The fourth-order valence-electron chi connectivity index (χ4n) is 4.06. The molecule has 9 nitrogen and oxygen atoms in total. The predicted molar refractivity (Wildman–Crippen MR) is 132 cm³/mol. The van der Waals surface area contributed by atoms with Gasteiger partial charge in [-0.05, 0) is 16.7 Å². The number of nitrogens with zero attached hydrogens (tertiary/aromatic N) is 2. The van der Waals surface area contributed by atoms with Gasteiger partial charge in [0.1, 0.15) is 0 Å². The van der Waals surface area contributed by atoms with Gasteiger partial charge < -0.3 is 23.8 Å². The van der Waals surface area contributed by atoms with Gasteiger partial charge in [-0.2, -0.15) is 0 Å². The smallest absolute Gasteiger partial charge is 0.233 e. The molecule has 0 bridgehead atoms. The Balaban J connectivity index is 1.35. The second-order valence-corrected chi connectivity index (χ2v) is 11.6. The Kier molecular flexibility index (Phi) is 11.6. The number of carbonyl (C=O) groups excluding carboxylic acids is 3. The van der Waals surface area contributed by atoms with E-state index < -0.39 is 0 Å². The molecular formula is C26H46N2O7. The Hall–Kier alpha value is -1.55. The van der Waals surface area contributed by atoms with Crippen molar-refractivity contribution < 1.29 is 33.3 Å². The molecule has 2 heterocycles. The van der Waals surface area contributed by atoms with Crippen LogP contribution in [-0.2, 0) is 33.3 Å². The van der Waals surface area contributed by atoms with E-state index in [9.17, 15) is 14.4 Å². The fourth-order valence-corrected chi connectivity index (χ4v) is 4.06. The van der Waals surface area contributed by atoms with Crippen molar-refractivity contribution in [2.45, 2.75) is 54.4 Å². The van der Waals surface area contributed by atoms with Crippen molar-refractivity contribution in [3.05, 3.63) is 0 Å². The molecule has 2 aliphatic heterocycles. The zero-order valence-electron chi connectivity index (χ0n) is 22.6. The minimum atomic E-state index is -0.252. The van der Waals surface area contributed by atoms with E-state index in [1.807, 2.05) is 25.7 Å². The van der Waals surface area contributed by atoms with E-state index in [0.29, 0.717) is 65.2 Å². The van der Waals surface area contributed by atoms with Crippen LogP contribution in [0.1, 0.15) is 54.4 Å². The van der Waals surface area contributed by atoms with Crippen LogP contribution in [0.25, 0.3) is 0 Å². The predicted octanol–water partition coefficient (Wildman–Crippen LogP) is 2.37. The number of carbonyl (C=O) groups is 3. The average molecular weight is 499 g/mol. The molecule has 0 aromatic carbocycles. The zero-order valence-corrected chi connectivity index (χ0v) is 22.6. The first-order chi connectivity index (χ1) is 16.4. The van der Waals surface area contributed by atoms with Gasteiger partial charge in [0.15, 0.2) is 0 Å². The third kappa shape index (κ3) is 9.79. The SMILES string of the molecule is CC(C)(C)C1CN(C(=O)CCOCCOCCOCCOCCN2C(=O)CC(C(C)(C)C)C2=O)C1. The molecule has 0 aromatic rings. The molecule has 3 amide bonds. The molecule has 2 saturated heterocycles. The third-order valence-corrected chi connectivity index (χ3v) is 6.78. The Labute approximate surface area is 210 Å². The molecule has 202 valence electrons. The van der Waals surface area contributed by atoms with Crippen LogP contribution in [-0.4, -0.2) is 100 Å². The molecule has 35 heavy (non-hydrogen) atoms. The van der Waals surface area contributed by atoms with Crippen molar-refractivity contribution in [1.29, 1.82) is 0 Å². The number of imide groups is 1. The summed E-state index contributed by atoms with van der Waals surface area (Å²) in [5, 5.41) is 0. The van der Waals surface area contributed by atoms with Crippen LogP contribution >= 0.6 is 0 Å². The highest BCUT2D eigenvalue weighted by Crippen LogP contribution is 2.35. The number of hydrogen-bond donors (Lipinski definition) is 0. The maximum absolute atomic E-state index is 12.4. The van der Waals surface area contributed by atoms with Crippen LogP contribution in [0.4, 0.5) is 0 Å². The first kappa shape index (κ1) is 29.7.